The summed E-state index contributed by atoms with van der Waals surface area (Å²) in [5.41, 5.74) is 1.60. The molecule has 190 valence electrons. The number of nitrogens with zero attached hydrogens (tertiary/aromatic N) is 1. The van der Waals surface area contributed by atoms with Crippen molar-refractivity contribution in [3.8, 4) is 0 Å². The third-order valence-electron chi connectivity index (χ3n) is 7.34. The molecule has 0 amide bonds. The molecule has 0 aliphatic carbocycles. The number of benzene rings is 2. The summed E-state index contributed by atoms with van der Waals surface area (Å²) in [5.74, 6) is -0.666. The molecule has 0 aromatic heterocycles. The molecule has 8 heteroatoms. The minimum atomic E-state index is -3.60. The van der Waals surface area contributed by atoms with Crippen LogP contribution >= 0.6 is 0 Å². The molecule has 0 spiro atoms. The van der Waals surface area contributed by atoms with Gasteiger partial charge in [0.15, 0.2) is 0 Å². The van der Waals surface area contributed by atoms with E-state index in [1.807, 2.05) is 36.4 Å². The number of rotatable bonds is 8. The van der Waals surface area contributed by atoms with Crippen molar-refractivity contribution in [2.75, 3.05) is 26.4 Å². The minimum absolute atomic E-state index is 0.0106. The summed E-state index contributed by atoms with van der Waals surface area (Å²) in [4.78, 5) is 12.0. The topological polar surface area (TPSA) is 72.9 Å². The fourth-order valence-electron chi connectivity index (χ4n) is 5.30. The van der Waals surface area contributed by atoms with Crippen LogP contribution in [0, 0.1) is 5.82 Å². The van der Waals surface area contributed by atoms with Gasteiger partial charge in [0.2, 0.25) is 10.0 Å². The molecule has 0 unspecified atom stereocenters. The minimum Gasteiger partial charge on any atom is -0.466 e. The van der Waals surface area contributed by atoms with Gasteiger partial charge in [-0.3, -0.25) is 4.79 Å². The van der Waals surface area contributed by atoms with Crippen molar-refractivity contribution in [2.24, 2.45) is 0 Å². The fourth-order valence-corrected chi connectivity index (χ4v) is 7.33. The molecular formula is C27H34FNO5S. The highest BCUT2D eigenvalue weighted by molar-refractivity contribution is 7.89. The Labute approximate surface area is 207 Å². The van der Waals surface area contributed by atoms with E-state index in [1.165, 1.54) is 10.4 Å². The highest BCUT2D eigenvalue weighted by Crippen LogP contribution is 2.40. The van der Waals surface area contributed by atoms with E-state index >= 15 is 4.39 Å². The number of carbonyl (C=O) groups excluding carboxylic acids is 1. The molecule has 0 bridgehead atoms. The van der Waals surface area contributed by atoms with Crippen LogP contribution in [-0.4, -0.2) is 45.1 Å². The Morgan fingerprint density at radius 1 is 1.17 bits per heavy atom. The Morgan fingerprint density at radius 2 is 1.91 bits per heavy atom. The average Bonchev–Trinajstić information content (AvgIpc) is 2.86. The summed E-state index contributed by atoms with van der Waals surface area (Å²) in [5, 5.41) is -0.604. The number of carbonyl (C=O) groups is 1. The largest absolute Gasteiger partial charge is 0.466 e. The van der Waals surface area contributed by atoms with Gasteiger partial charge in [-0.1, -0.05) is 42.5 Å². The Hall–Kier alpha value is -2.29. The first-order valence-corrected chi connectivity index (χ1v) is 13.9. The molecular weight excluding hydrogens is 469 g/mol. The van der Waals surface area contributed by atoms with Crippen molar-refractivity contribution in [1.29, 1.82) is 0 Å². The molecule has 0 N–H and O–H groups in total. The molecule has 35 heavy (non-hydrogen) atoms. The number of esters is 1. The van der Waals surface area contributed by atoms with E-state index < -0.39 is 21.1 Å². The standard InChI is InChI=1S/C27H34FNO5S/c1-2-34-26(30)12-13-27(14-17-33-18-15-27)23-11-10-22(24(28)19-23)20-29-16-6-9-25(35(29,31)32)21-7-4-3-5-8-21/h3-5,7-8,10-11,19,25H,2,6,9,12-18,20H2,1H3/t25-/m1/s1. The molecule has 2 saturated heterocycles. The molecule has 2 aromatic rings. The number of hydrogen-bond acceptors (Lipinski definition) is 5. The van der Waals surface area contributed by atoms with Crippen LogP contribution in [0.3, 0.4) is 0 Å². The van der Waals surface area contributed by atoms with Gasteiger partial charge >= 0.3 is 5.97 Å². The maximum Gasteiger partial charge on any atom is 0.305 e. The quantitative estimate of drug-likeness (QED) is 0.480. The first-order valence-electron chi connectivity index (χ1n) is 12.4. The maximum absolute atomic E-state index is 15.4. The predicted octanol–water partition coefficient (Wildman–Crippen LogP) is 4.88. The molecule has 1 atom stereocenters. The van der Waals surface area contributed by atoms with Crippen molar-refractivity contribution < 1.29 is 27.1 Å². The van der Waals surface area contributed by atoms with Crippen molar-refractivity contribution in [3.05, 3.63) is 71.0 Å². The van der Waals surface area contributed by atoms with Gasteiger partial charge in [0.25, 0.3) is 0 Å². The van der Waals surface area contributed by atoms with Gasteiger partial charge in [0.1, 0.15) is 11.1 Å². The molecule has 6 nitrogen and oxygen atoms in total. The van der Waals surface area contributed by atoms with E-state index in [2.05, 4.69) is 0 Å². The lowest BCUT2D eigenvalue weighted by molar-refractivity contribution is -0.143. The van der Waals surface area contributed by atoms with Gasteiger partial charge in [-0.2, -0.15) is 4.31 Å². The second-order valence-corrected chi connectivity index (χ2v) is 11.5. The van der Waals surface area contributed by atoms with E-state index in [0.29, 0.717) is 57.6 Å². The highest BCUT2D eigenvalue weighted by Gasteiger charge is 2.38. The molecule has 4 rings (SSSR count). The fraction of sp³-hybridized carbons (Fsp3) is 0.519. The molecule has 0 saturated carbocycles. The van der Waals surface area contributed by atoms with Crippen LogP contribution < -0.4 is 0 Å². The summed E-state index contributed by atoms with van der Waals surface area (Å²) < 4.78 is 54.1. The lowest BCUT2D eigenvalue weighted by atomic mass is 9.71. The second-order valence-electron chi connectivity index (χ2n) is 9.42. The van der Waals surface area contributed by atoms with Crippen LogP contribution in [-0.2, 0) is 36.3 Å². The lowest BCUT2D eigenvalue weighted by Gasteiger charge is -2.38. The van der Waals surface area contributed by atoms with Gasteiger partial charge in [-0.05, 0) is 56.2 Å². The summed E-state index contributed by atoms with van der Waals surface area (Å²) in [6.45, 7) is 3.62. The Morgan fingerprint density at radius 3 is 2.60 bits per heavy atom. The van der Waals surface area contributed by atoms with Crippen LogP contribution in [0.5, 0.6) is 0 Å². The summed E-state index contributed by atoms with van der Waals surface area (Å²) in [6, 6.07) is 14.3. The smallest absolute Gasteiger partial charge is 0.305 e. The number of sulfonamides is 1. The van der Waals surface area contributed by atoms with Crippen LogP contribution in [0.4, 0.5) is 4.39 Å². The van der Waals surface area contributed by atoms with Crippen LogP contribution in [0.25, 0.3) is 0 Å². The molecule has 0 radical (unpaired) electrons. The number of ether oxygens (including phenoxy) is 2. The summed E-state index contributed by atoms with van der Waals surface area (Å²) >= 11 is 0. The first-order chi connectivity index (χ1) is 16.9. The third-order valence-corrected chi connectivity index (χ3v) is 9.60. The normalized spacial score (nSPS) is 21.9. The van der Waals surface area contributed by atoms with Crippen LogP contribution in [0.15, 0.2) is 48.5 Å². The SMILES string of the molecule is CCOC(=O)CCC1(c2ccc(CN3CCC[C@H](c4ccccc4)S3(=O)=O)c(F)c2)CCOCC1. The maximum atomic E-state index is 15.4. The zero-order valence-corrected chi connectivity index (χ0v) is 21.1. The van der Waals surface area contributed by atoms with Crippen molar-refractivity contribution in [2.45, 2.75) is 62.7 Å². The number of hydrogen-bond donors (Lipinski definition) is 0. The highest BCUT2D eigenvalue weighted by atomic mass is 32.2. The van der Waals surface area contributed by atoms with Gasteiger partial charge in [-0.15, -0.1) is 0 Å². The Balaban J connectivity index is 1.53. The summed E-state index contributed by atoms with van der Waals surface area (Å²) in [7, 11) is -3.60. The van der Waals surface area contributed by atoms with Gasteiger partial charge < -0.3 is 9.47 Å². The van der Waals surface area contributed by atoms with E-state index in [0.717, 1.165) is 17.5 Å². The van der Waals surface area contributed by atoms with E-state index in [4.69, 9.17) is 9.47 Å². The monoisotopic (exact) mass is 503 g/mol. The molecule has 2 aliphatic heterocycles. The van der Waals surface area contributed by atoms with Crippen molar-refractivity contribution >= 4 is 16.0 Å². The molecule has 2 aromatic carbocycles. The van der Waals surface area contributed by atoms with Crippen molar-refractivity contribution in [1.82, 2.24) is 4.31 Å². The van der Waals surface area contributed by atoms with E-state index in [-0.39, 0.29) is 24.3 Å². The number of halogens is 1. The van der Waals surface area contributed by atoms with Gasteiger partial charge in [0.05, 0.1) is 6.61 Å². The predicted molar refractivity (Wildman–Crippen MR) is 132 cm³/mol. The van der Waals surface area contributed by atoms with Crippen LogP contribution in [0.1, 0.15) is 67.4 Å². The molecule has 2 aliphatic rings. The zero-order chi connectivity index (χ0) is 24.9. The first kappa shape index (κ1) is 25.8. The van der Waals surface area contributed by atoms with Crippen molar-refractivity contribution in [3.63, 3.8) is 0 Å². The Kier molecular flexibility index (Phi) is 8.24. The molecule has 2 heterocycles. The second kappa shape index (κ2) is 11.2. The van der Waals surface area contributed by atoms with E-state index in [1.54, 1.807) is 13.0 Å². The summed E-state index contributed by atoms with van der Waals surface area (Å²) in [6.07, 6.45) is 3.52. The van der Waals surface area contributed by atoms with Gasteiger partial charge in [0, 0.05) is 43.7 Å². The van der Waals surface area contributed by atoms with E-state index in [9.17, 15) is 13.2 Å². The third kappa shape index (κ3) is 5.76. The van der Waals surface area contributed by atoms with Gasteiger partial charge in [-0.25, -0.2) is 12.8 Å². The average molecular weight is 504 g/mol. The Bertz CT molecular complexity index is 1120. The van der Waals surface area contributed by atoms with Crippen LogP contribution in [0.2, 0.25) is 0 Å². The lowest BCUT2D eigenvalue weighted by Crippen LogP contribution is -2.39. The zero-order valence-electron chi connectivity index (χ0n) is 20.2. The molecule has 2 fully saturated rings.